The number of benzene rings is 1. The molecule has 1 saturated carbocycles. The Morgan fingerprint density at radius 2 is 1.97 bits per heavy atom. The molecule has 0 unspecified atom stereocenters. The van der Waals surface area contributed by atoms with Gasteiger partial charge in [-0.3, -0.25) is 4.90 Å². The molecule has 1 aliphatic carbocycles. The number of rotatable bonds is 6. The lowest BCUT2D eigenvalue weighted by molar-refractivity contribution is 0.0688. The van der Waals surface area contributed by atoms with Gasteiger partial charge in [-0.15, -0.1) is 0 Å². The highest BCUT2D eigenvalue weighted by atomic mass is 32.1. The van der Waals surface area contributed by atoms with Gasteiger partial charge in [0.15, 0.2) is 0 Å². The van der Waals surface area contributed by atoms with Gasteiger partial charge >= 0.3 is 6.03 Å². The predicted molar refractivity (Wildman–Crippen MR) is 121 cm³/mol. The van der Waals surface area contributed by atoms with Crippen LogP contribution in [-0.2, 0) is 0 Å². The van der Waals surface area contributed by atoms with Crippen LogP contribution in [0.1, 0.15) is 39.0 Å². The quantitative estimate of drug-likeness (QED) is 0.728. The number of aromatic nitrogens is 1. The van der Waals surface area contributed by atoms with E-state index in [0.717, 1.165) is 51.4 Å². The van der Waals surface area contributed by atoms with Crippen molar-refractivity contribution in [3.05, 3.63) is 24.3 Å². The van der Waals surface area contributed by atoms with Gasteiger partial charge in [0, 0.05) is 50.7 Å². The van der Waals surface area contributed by atoms with Gasteiger partial charge in [-0.2, -0.15) is 4.37 Å². The van der Waals surface area contributed by atoms with Gasteiger partial charge in [0.25, 0.3) is 0 Å². The summed E-state index contributed by atoms with van der Waals surface area (Å²) in [6.07, 6.45) is 3.10. The van der Waals surface area contributed by atoms with E-state index in [4.69, 9.17) is 0 Å². The van der Waals surface area contributed by atoms with Crippen molar-refractivity contribution < 1.29 is 9.18 Å². The number of nitrogens with zero attached hydrogens (tertiary/aromatic N) is 3. The van der Waals surface area contributed by atoms with Crippen molar-refractivity contribution >= 4 is 33.5 Å². The summed E-state index contributed by atoms with van der Waals surface area (Å²) in [7, 11) is 0. The number of fused-ring (bicyclic) bond motifs is 1. The van der Waals surface area contributed by atoms with Gasteiger partial charge in [0.1, 0.15) is 11.5 Å². The summed E-state index contributed by atoms with van der Waals surface area (Å²) < 4.78 is 21.2. The smallest absolute Gasteiger partial charge is 0.314 e. The monoisotopic (exact) mass is 433 g/mol. The van der Waals surface area contributed by atoms with Crippen LogP contribution >= 0.6 is 11.5 Å². The summed E-state index contributed by atoms with van der Waals surface area (Å²) in [5.74, 6) is 1.09. The van der Waals surface area contributed by atoms with Crippen molar-refractivity contribution in [1.29, 1.82) is 0 Å². The fourth-order valence-corrected chi connectivity index (χ4v) is 5.36. The fourth-order valence-electron chi connectivity index (χ4n) is 4.57. The third-order valence-corrected chi connectivity index (χ3v) is 7.28. The largest absolute Gasteiger partial charge is 0.353 e. The molecule has 0 atom stereocenters. The van der Waals surface area contributed by atoms with E-state index >= 15 is 4.39 Å². The topological polar surface area (TPSA) is 60.5 Å². The minimum atomic E-state index is -1.10. The number of nitrogens with one attached hydrogen (secondary N) is 2. The molecule has 164 valence electrons. The normalized spacial score (nSPS) is 25.4. The van der Waals surface area contributed by atoms with E-state index < -0.39 is 5.67 Å². The number of carbonyl (C=O) groups excluding carboxylic acids is 1. The zero-order valence-corrected chi connectivity index (χ0v) is 18.5. The summed E-state index contributed by atoms with van der Waals surface area (Å²) in [6.45, 7) is 7.07. The SMILES string of the molecule is CCNC(=O)NC1CCC(F)(CCN2CCN(c3nsc4ccccc34)CC2)CC1. The average Bonchev–Trinajstić information content (AvgIpc) is 3.19. The Bertz CT molecular complexity index is 843. The van der Waals surface area contributed by atoms with Crippen molar-refractivity contribution in [1.82, 2.24) is 19.9 Å². The van der Waals surface area contributed by atoms with Crippen LogP contribution < -0.4 is 15.5 Å². The number of carbonyl (C=O) groups is 1. The molecule has 1 saturated heterocycles. The van der Waals surface area contributed by atoms with Crippen LogP contribution in [0.2, 0.25) is 0 Å². The number of hydrogen-bond acceptors (Lipinski definition) is 5. The van der Waals surface area contributed by atoms with Crippen molar-refractivity contribution in [2.24, 2.45) is 0 Å². The second-order valence-electron chi connectivity index (χ2n) is 8.51. The van der Waals surface area contributed by atoms with Gasteiger partial charge < -0.3 is 15.5 Å². The molecule has 2 fully saturated rings. The molecule has 0 radical (unpaired) electrons. The third-order valence-electron chi connectivity index (χ3n) is 6.46. The minimum absolute atomic E-state index is 0.0944. The first-order valence-corrected chi connectivity index (χ1v) is 11.9. The lowest BCUT2D eigenvalue weighted by Crippen LogP contribution is -2.49. The molecule has 4 rings (SSSR count). The Kier molecular flexibility index (Phi) is 6.73. The minimum Gasteiger partial charge on any atom is -0.353 e. The fraction of sp³-hybridized carbons (Fsp3) is 0.636. The lowest BCUT2D eigenvalue weighted by Gasteiger charge is -2.38. The number of amides is 2. The van der Waals surface area contributed by atoms with Crippen LogP contribution in [0.15, 0.2) is 24.3 Å². The standard InChI is InChI=1S/C22H32FN5OS/c1-2-24-21(29)25-17-7-9-22(23,10-8-17)11-12-27-13-15-28(16-14-27)20-18-5-3-4-6-19(18)30-26-20/h3-6,17H,2,7-16H2,1H3,(H2,24,25,29). The number of anilines is 1. The first-order valence-electron chi connectivity index (χ1n) is 11.1. The van der Waals surface area contributed by atoms with E-state index in [2.05, 4.69) is 49.1 Å². The Hall–Kier alpha value is -1.93. The number of halogens is 1. The molecule has 1 aliphatic heterocycles. The maximum absolute atomic E-state index is 15.3. The Labute approximate surface area is 182 Å². The number of urea groups is 1. The Morgan fingerprint density at radius 3 is 2.70 bits per heavy atom. The molecule has 8 heteroatoms. The van der Waals surface area contributed by atoms with Crippen LogP contribution in [0.3, 0.4) is 0 Å². The Balaban J connectivity index is 1.21. The molecule has 30 heavy (non-hydrogen) atoms. The maximum Gasteiger partial charge on any atom is 0.314 e. The average molecular weight is 434 g/mol. The van der Waals surface area contributed by atoms with E-state index in [9.17, 15) is 4.79 Å². The third kappa shape index (κ3) is 5.03. The van der Waals surface area contributed by atoms with Gasteiger partial charge in [-0.05, 0) is 62.7 Å². The molecule has 2 amide bonds. The van der Waals surface area contributed by atoms with Crippen LogP contribution in [-0.4, -0.2) is 66.3 Å². The molecule has 0 spiro atoms. The highest BCUT2D eigenvalue weighted by Crippen LogP contribution is 2.35. The maximum atomic E-state index is 15.3. The molecular weight excluding hydrogens is 401 g/mol. The first-order chi connectivity index (χ1) is 14.6. The van der Waals surface area contributed by atoms with Crippen molar-refractivity contribution in [2.45, 2.75) is 50.7 Å². The summed E-state index contributed by atoms with van der Waals surface area (Å²) in [5.41, 5.74) is -1.10. The van der Waals surface area contributed by atoms with Crippen molar-refractivity contribution in [3.8, 4) is 0 Å². The number of hydrogen-bond donors (Lipinski definition) is 2. The van der Waals surface area contributed by atoms with Gasteiger partial charge in [0.05, 0.1) is 4.70 Å². The molecule has 6 nitrogen and oxygen atoms in total. The molecule has 1 aromatic carbocycles. The Morgan fingerprint density at radius 1 is 1.23 bits per heavy atom. The van der Waals surface area contributed by atoms with Crippen molar-refractivity contribution in [2.75, 3.05) is 44.2 Å². The van der Waals surface area contributed by atoms with E-state index in [1.807, 2.05) is 6.92 Å². The summed E-state index contributed by atoms with van der Waals surface area (Å²) >= 11 is 1.56. The van der Waals surface area contributed by atoms with Gasteiger partial charge in [0.2, 0.25) is 0 Å². The van der Waals surface area contributed by atoms with E-state index in [0.29, 0.717) is 25.8 Å². The number of piperazine rings is 1. The molecule has 0 bridgehead atoms. The zero-order valence-electron chi connectivity index (χ0n) is 17.7. The molecule has 2 heterocycles. The number of alkyl halides is 1. The van der Waals surface area contributed by atoms with Crippen LogP contribution in [0, 0.1) is 0 Å². The van der Waals surface area contributed by atoms with Gasteiger partial charge in [-0.25, -0.2) is 9.18 Å². The predicted octanol–water partition coefficient (Wildman–Crippen LogP) is 3.78. The molecule has 2 aliphatic rings. The van der Waals surface area contributed by atoms with Crippen molar-refractivity contribution in [3.63, 3.8) is 0 Å². The second-order valence-corrected chi connectivity index (χ2v) is 9.31. The van der Waals surface area contributed by atoms with Crippen LogP contribution in [0.5, 0.6) is 0 Å². The molecule has 1 aromatic heterocycles. The summed E-state index contributed by atoms with van der Waals surface area (Å²) in [6, 6.07) is 8.34. The van der Waals surface area contributed by atoms with Crippen LogP contribution in [0.25, 0.3) is 10.1 Å². The van der Waals surface area contributed by atoms with E-state index in [-0.39, 0.29) is 12.1 Å². The van der Waals surface area contributed by atoms with E-state index in [1.165, 1.54) is 10.1 Å². The molecule has 2 aromatic rings. The van der Waals surface area contributed by atoms with Gasteiger partial charge in [-0.1, -0.05) is 12.1 Å². The summed E-state index contributed by atoms with van der Waals surface area (Å²) in [4.78, 5) is 16.4. The van der Waals surface area contributed by atoms with E-state index in [1.54, 1.807) is 11.5 Å². The second kappa shape index (κ2) is 9.47. The zero-order chi connectivity index (χ0) is 21.0. The molecule has 2 N–H and O–H groups in total. The highest BCUT2D eigenvalue weighted by molar-refractivity contribution is 7.13. The molecular formula is C22H32FN5OS. The van der Waals surface area contributed by atoms with Crippen LogP contribution in [0.4, 0.5) is 15.0 Å². The lowest BCUT2D eigenvalue weighted by atomic mass is 9.81. The first kappa shape index (κ1) is 21.3. The summed E-state index contributed by atoms with van der Waals surface area (Å²) in [5, 5.41) is 6.94. The highest BCUT2D eigenvalue weighted by Gasteiger charge is 2.36.